The van der Waals surface area contributed by atoms with Crippen molar-refractivity contribution in [3.05, 3.63) is 139 Å². The van der Waals surface area contributed by atoms with Crippen molar-refractivity contribution >= 4 is 43.6 Å². The second kappa shape index (κ2) is 12.3. The molecule has 0 saturated heterocycles. The van der Waals surface area contributed by atoms with E-state index in [1.165, 1.54) is 22.3 Å². The molecule has 2 aromatic heterocycles. The van der Waals surface area contributed by atoms with Gasteiger partial charge in [-0.15, -0.1) is 0 Å². The van der Waals surface area contributed by atoms with E-state index < -0.39 is 0 Å². The Labute approximate surface area is 320 Å². The number of aryl methyl sites for hydroxylation is 2. The third-order valence-corrected chi connectivity index (χ3v) is 11.2. The van der Waals surface area contributed by atoms with Crippen LogP contribution in [-0.2, 0) is 21.7 Å². The zero-order valence-electron chi connectivity index (χ0n) is 34.8. The van der Waals surface area contributed by atoms with Crippen LogP contribution in [-0.4, -0.2) is 9.13 Å². The first-order chi connectivity index (χ1) is 24.9. The fourth-order valence-corrected chi connectivity index (χ4v) is 7.67. The smallest absolute Gasteiger partial charge is 0.197 e. The van der Waals surface area contributed by atoms with Crippen molar-refractivity contribution in [2.75, 3.05) is 0 Å². The summed E-state index contributed by atoms with van der Waals surface area (Å²) >= 11 is 0. The molecule has 4 nitrogen and oxygen atoms in total. The first-order valence-electron chi connectivity index (χ1n) is 19.3. The molecule has 5 aromatic carbocycles. The van der Waals surface area contributed by atoms with Crippen molar-refractivity contribution in [3.8, 4) is 11.4 Å². The van der Waals surface area contributed by atoms with E-state index in [-0.39, 0.29) is 32.5 Å². The number of aromatic nitrogens is 2. The number of pyridine rings is 2. The van der Waals surface area contributed by atoms with E-state index in [9.17, 15) is 9.59 Å². The van der Waals surface area contributed by atoms with Gasteiger partial charge in [-0.1, -0.05) is 107 Å². The summed E-state index contributed by atoms with van der Waals surface area (Å²) in [6.45, 7) is 31.0. The Morgan fingerprint density at radius 1 is 0.352 bits per heavy atom. The van der Waals surface area contributed by atoms with Gasteiger partial charge in [-0.05, 0) is 130 Å². The highest BCUT2D eigenvalue weighted by Gasteiger charge is 2.26. The van der Waals surface area contributed by atoms with Gasteiger partial charge in [0.2, 0.25) is 0 Å². The van der Waals surface area contributed by atoms with Crippen molar-refractivity contribution in [2.24, 2.45) is 0 Å². The van der Waals surface area contributed by atoms with E-state index in [1.54, 1.807) is 0 Å². The van der Waals surface area contributed by atoms with E-state index in [0.717, 1.165) is 44.6 Å². The van der Waals surface area contributed by atoms with Gasteiger partial charge in [-0.25, -0.2) is 0 Å². The Kier molecular flexibility index (Phi) is 8.50. The molecule has 0 amide bonds. The molecule has 0 spiro atoms. The fourth-order valence-electron chi connectivity index (χ4n) is 7.67. The fraction of sp³-hybridized carbons (Fsp3) is 0.360. The molecule has 2 heterocycles. The van der Waals surface area contributed by atoms with Gasteiger partial charge in [0.1, 0.15) is 0 Å². The van der Waals surface area contributed by atoms with E-state index in [0.29, 0.717) is 21.5 Å². The highest BCUT2D eigenvalue weighted by molar-refractivity contribution is 6.05. The summed E-state index contributed by atoms with van der Waals surface area (Å²) < 4.78 is 4.45. The molecule has 0 aliphatic rings. The number of hydrogen-bond donors (Lipinski definition) is 0. The predicted octanol–water partition coefficient (Wildman–Crippen LogP) is 12.4. The minimum atomic E-state index is -0.110. The summed E-state index contributed by atoms with van der Waals surface area (Å²) in [4.78, 5) is 29.6. The minimum absolute atomic E-state index is 0.0386. The van der Waals surface area contributed by atoms with Gasteiger partial charge in [0, 0.05) is 32.9 Å². The summed E-state index contributed by atoms with van der Waals surface area (Å²) in [5.74, 6) is 0. The Bertz CT molecular complexity index is 2540. The number of rotatable bonds is 2. The minimum Gasteiger partial charge on any atom is -0.309 e. The maximum Gasteiger partial charge on any atom is 0.197 e. The first kappa shape index (κ1) is 37.4. The number of nitrogens with zero attached hydrogens (tertiary/aromatic N) is 2. The Morgan fingerprint density at radius 2 is 0.630 bits per heavy atom. The third kappa shape index (κ3) is 6.38. The molecule has 7 aromatic rings. The van der Waals surface area contributed by atoms with Gasteiger partial charge in [-0.2, -0.15) is 0 Å². The van der Waals surface area contributed by atoms with Gasteiger partial charge in [0.15, 0.2) is 10.9 Å². The molecule has 0 fully saturated rings. The second-order valence-corrected chi connectivity index (χ2v) is 19.8. The van der Waals surface area contributed by atoms with Crippen molar-refractivity contribution < 1.29 is 0 Å². The summed E-state index contributed by atoms with van der Waals surface area (Å²) in [5, 5.41) is 2.48. The van der Waals surface area contributed by atoms with Crippen LogP contribution < -0.4 is 10.9 Å². The van der Waals surface area contributed by atoms with Crippen molar-refractivity contribution in [1.82, 2.24) is 9.13 Å². The Morgan fingerprint density at radius 3 is 0.907 bits per heavy atom. The van der Waals surface area contributed by atoms with E-state index >= 15 is 0 Å². The molecule has 278 valence electrons. The molecule has 0 N–H and O–H groups in total. The zero-order valence-corrected chi connectivity index (χ0v) is 34.8. The molecule has 0 saturated carbocycles. The van der Waals surface area contributed by atoms with Crippen molar-refractivity contribution in [3.63, 3.8) is 0 Å². The van der Waals surface area contributed by atoms with Gasteiger partial charge in [0.05, 0.1) is 22.1 Å². The summed E-state index contributed by atoms with van der Waals surface area (Å²) in [5.41, 5.74) is 11.6. The molecule has 0 unspecified atom stereocenters. The van der Waals surface area contributed by atoms with Gasteiger partial charge < -0.3 is 9.13 Å². The molecule has 4 heteroatoms. The van der Waals surface area contributed by atoms with Crippen LogP contribution in [0.5, 0.6) is 0 Å². The van der Waals surface area contributed by atoms with Crippen LogP contribution in [0.4, 0.5) is 0 Å². The average molecular weight is 717 g/mol. The number of hydrogen-bond acceptors (Lipinski definition) is 2. The average Bonchev–Trinajstić information content (AvgIpc) is 3.06. The molecular formula is C50H56N2O2. The van der Waals surface area contributed by atoms with Gasteiger partial charge in [0.25, 0.3) is 0 Å². The lowest BCUT2D eigenvalue weighted by atomic mass is 9.80. The summed E-state index contributed by atoms with van der Waals surface area (Å²) in [6, 6.07) is 29.8. The molecule has 0 aliphatic carbocycles. The highest BCUT2D eigenvalue weighted by Crippen LogP contribution is 2.37. The Balaban J connectivity index is 1.73. The van der Waals surface area contributed by atoms with Crippen LogP contribution in [0.1, 0.15) is 116 Å². The van der Waals surface area contributed by atoms with E-state index in [1.807, 2.05) is 36.4 Å². The second-order valence-electron chi connectivity index (χ2n) is 19.8. The molecule has 0 atom stereocenters. The molecular weight excluding hydrogens is 661 g/mol. The monoisotopic (exact) mass is 716 g/mol. The van der Waals surface area contributed by atoms with Crippen LogP contribution >= 0.6 is 0 Å². The summed E-state index contributed by atoms with van der Waals surface area (Å²) in [7, 11) is 0. The normalized spacial score (nSPS) is 13.1. The summed E-state index contributed by atoms with van der Waals surface area (Å²) in [6.07, 6.45) is 0. The van der Waals surface area contributed by atoms with Crippen LogP contribution in [0.25, 0.3) is 55.0 Å². The number of benzene rings is 5. The predicted molar refractivity (Wildman–Crippen MR) is 232 cm³/mol. The first-order valence-corrected chi connectivity index (χ1v) is 19.3. The van der Waals surface area contributed by atoms with Crippen LogP contribution in [0.3, 0.4) is 0 Å². The van der Waals surface area contributed by atoms with Crippen molar-refractivity contribution in [2.45, 2.75) is 119 Å². The van der Waals surface area contributed by atoms with Crippen LogP contribution in [0.2, 0.25) is 0 Å². The van der Waals surface area contributed by atoms with Gasteiger partial charge in [-0.3, -0.25) is 9.59 Å². The molecule has 0 radical (unpaired) electrons. The number of fused-ring (bicyclic) bond motifs is 4. The highest BCUT2D eigenvalue weighted by atomic mass is 16.1. The maximum atomic E-state index is 14.8. The van der Waals surface area contributed by atoms with E-state index in [2.05, 4.69) is 155 Å². The molecule has 7 rings (SSSR count). The van der Waals surface area contributed by atoms with Crippen molar-refractivity contribution in [1.29, 1.82) is 0 Å². The van der Waals surface area contributed by atoms with Crippen LogP contribution in [0, 0.1) is 13.8 Å². The standard InChI is InChI=1S/C50H56N2O2/c1-29-15-17-37-41(19-29)51(35-23-31(47(3,4)5)21-32(24-35)48(6,7)8)43-27-40-44(28-39(43)45(37)53)52(42-20-30(2)16-18-38(42)46(40)54)36-25-33(49(9,10)11)22-34(26-36)50(12,13)14/h15-28H,1-14H3. The quantitative estimate of drug-likeness (QED) is 0.167. The zero-order chi connectivity index (χ0) is 39.4. The lowest BCUT2D eigenvalue weighted by Gasteiger charge is -2.28. The molecule has 0 aliphatic heterocycles. The van der Waals surface area contributed by atoms with Gasteiger partial charge >= 0.3 is 0 Å². The largest absolute Gasteiger partial charge is 0.309 e. The molecule has 54 heavy (non-hydrogen) atoms. The molecule has 0 bridgehead atoms. The third-order valence-electron chi connectivity index (χ3n) is 11.2. The maximum absolute atomic E-state index is 14.8. The lowest BCUT2D eigenvalue weighted by molar-refractivity contribution is 0.567. The van der Waals surface area contributed by atoms with Crippen LogP contribution in [0.15, 0.2) is 94.5 Å². The van der Waals surface area contributed by atoms with E-state index in [4.69, 9.17) is 0 Å². The topological polar surface area (TPSA) is 44.0 Å². The lowest BCUT2D eigenvalue weighted by Crippen LogP contribution is -2.19. The Hall–Kier alpha value is -4.96. The SMILES string of the molecule is Cc1ccc2c(=O)c3cc4c(cc3n(-c3cc(C(C)(C)C)cc(C(C)(C)C)c3)c2c1)c(=O)c1ccc(C)cc1n4-c1cc(C(C)(C)C)cc(C(C)(C)C)c1.